The van der Waals surface area contributed by atoms with E-state index in [9.17, 15) is 8.78 Å². The van der Waals surface area contributed by atoms with Crippen LogP contribution in [0.5, 0.6) is 0 Å². The van der Waals surface area contributed by atoms with Crippen LogP contribution < -0.4 is 0 Å². The molecule has 12 heteroatoms. The monoisotopic (exact) mass is 564 g/mol. The Morgan fingerprint density at radius 1 is 0.738 bits per heavy atom. The van der Waals surface area contributed by atoms with Crippen LogP contribution in [0, 0.1) is 11.6 Å². The Balaban J connectivity index is 1.08. The Labute approximate surface area is 239 Å². The zero-order valence-corrected chi connectivity index (χ0v) is 22.6. The number of hydrogen-bond donors (Lipinski definition) is 0. The number of likely N-dealkylation sites (tertiary alicyclic amines) is 1. The molecule has 2 aromatic carbocycles. The van der Waals surface area contributed by atoms with Crippen molar-refractivity contribution in [2.45, 2.75) is 25.9 Å². The van der Waals surface area contributed by atoms with Crippen LogP contribution in [0.25, 0.3) is 45.1 Å². The lowest BCUT2D eigenvalue weighted by molar-refractivity contribution is 0.316. The van der Waals surface area contributed by atoms with Crippen LogP contribution in [-0.2, 0) is 13.1 Å². The molecule has 1 aliphatic heterocycles. The second-order valence-corrected chi connectivity index (χ2v) is 10.3. The molecule has 0 bridgehead atoms. The Morgan fingerprint density at radius 2 is 1.52 bits per heavy atom. The summed E-state index contributed by atoms with van der Waals surface area (Å²) < 4.78 is 31.1. The molecule has 0 spiro atoms. The molecule has 4 aromatic heterocycles. The van der Waals surface area contributed by atoms with Crippen molar-refractivity contribution in [2.75, 3.05) is 19.6 Å². The first kappa shape index (κ1) is 26.0. The van der Waals surface area contributed by atoms with Crippen LogP contribution in [0.15, 0.2) is 73.4 Å². The van der Waals surface area contributed by atoms with Crippen molar-refractivity contribution in [3.05, 3.63) is 90.6 Å². The maximum absolute atomic E-state index is 13.8. The van der Waals surface area contributed by atoms with E-state index in [1.807, 2.05) is 53.7 Å². The molecule has 1 aliphatic rings. The lowest BCUT2D eigenvalue weighted by atomic mass is 10.1. The van der Waals surface area contributed by atoms with Crippen LogP contribution in [0.1, 0.15) is 18.4 Å². The van der Waals surface area contributed by atoms with E-state index in [1.54, 1.807) is 4.68 Å². The summed E-state index contributed by atoms with van der Waals surface area (Å²) in [5, 5.41) is 12.9. The van der Waals surface area contributed by atoms with Gasteiger partial charge in [0.25, 0.3) is 0 Å². The molecule has 10 nitrogen and oxygen atoms in total. The SMILES string of the molecule is Fc1cc(F)cc(-c2ncc3nnn(Cc4cccc(-c5ncc(-c6cnn(CCN7CCCC7)c6)cn5)c4)c3n2)c1. The van der Waals surface area contributed by atoms with E-state index in [0.29, 0.717) is 23.5 Å². The lowest BCUT2D eigenvalue weighted by Crippen LogP contribution is -2.24. The largest absolute Gasteiger partial charge is 0.301 e. The van der Waals surface area contributed by atoms with Crippen LogP contribution >= 0.6 is 0 Å². The Hall–Kier alpha value is -4.97. The third-order valence-corrected chi connectivity index (χ3v) is 7.36. The van der Waals surface area contributed by atoms with Crippen LogP contribution in [0.2, 0.25) is 0 Å². The van der Waals surface area contributed by atoms with Gasteiger partial charge in [-0.25, -0.2) is 33.4 Å². The molecule has 0 radical (unpaired) electrons. The summed E-state index contributed by atoms with van der Waals surface area (Å²) in [5.41, 5.74) is 4.85. The number of benzene rings is 2. The van der Waals surface area contributed by atoms with Gasteiger partial charge in [-0.05, 0) is 49.7 Å². The summed E-state index contributed by atoms with van der Waals surface area (Å²) in [6, 6.07) is 11.0. The van der Waals surface area contributed by atoms with Crippen LogP contribution in [0.4, 0.5) is 8.78 Å². The lowest BCUT2D eigenvalue weighted by Gasteiger charge is -2.13. The van der Waals surface area contributed by atoms with Gasteiger partial charge in [-0.15, -0.1) is 5.10 Å². The Morgan fingerprint density at radius 3 is 2.33 bits per heavy atom. The Kier molecular flexibility index (Phi) is 6.88. The van der Waals surface area contributed by atoms with Gasteiger partial charge in [0.15, 0.2) is 22.8 Å². The van der Waals surface area contributed by atoms with Crippen molar-refractivity contribution >= 4 is 11.2 Å². The zero-order chi connectivity index (χ0) is 28.5. The zero-order valence-electron chi connectivity index (χ0n) is 22.6. The second-order valence-electron chi connectivity index (χ2n) is 10.3. The van der Waals surface area contributed by atoms with Gasteiger partial charge >= 0.3 is 0 Å². The molecule has 0 N–H and O–H groups in total. The van der Waals surface area contributed by atoms with Gasteiger partial charge in [-0.3, -0.25) is 4.68 Å². The van der Waals surface area contributed by atoms with Gasteiger partial charge in [0.1, 0.15) is 11.6 Å². The van der Waals surface area contributed by atoms with E-state index in [1.165, 1.54) is 44.3 Å². The first-order valence-corrected chi connectivity index (χ1v) is 13.8. The van der Waals surface area contributed by atoms with Gasteiger partial charge in [0.2, 0.25) is 0 Å². The summed E-state index contributed by atoms with van der Waals surface area (Å²) in [6.45, 7) is 4.59. The third kappa shape index (κ3) is 5.48. The summed E-state index contributed by atoms with van der Waals surface area (Å²) in [6.07, 6.45) is 11.6. The molecule has 1 fully saturated rings. The van der Waals surface area contributed by atoms with E-state index in [4.69, 9.17) is 0 Å². The molecular weight excluding hydrogens is 538 g/mol. The van der Waals surface area contributed by atoms with E-state index in [2.05, 4.69) is 40.2 Å². The standard InChI is InChI=1S/C30H26F2N10/c31-25-11-22(12-26(32)13-25)29-35-17-27-30(37-29)42(39-38-27)18-20-4-3-5-21(10-20)28-33-14-23(15-34-28)24-16-36-41(19-24)9-8-40-6-1-2-7-40/h3-5,10-17,19H,1-2,6-9,18H2. The molecular formula is C30H26F2N10. The fourth-order valence-electron chi connectivity index (χ4n) is 5.19. The summed E-state index contributed by atoms with van der Waals surface area (Å²) in [7, 11) is 0. The fourth-order valence-corrected chi connectivity index (χ4v) is 5.19. The molecule has 6 aromatic rings. The average Bonchev–Trinajstić information content (AvgIpc) is 3.78. The highest BCUT2D eigenvalue weighted by atomic mass is 19.1. The van der Waals surface area contributed by atoms with Gasteiger partial charge < -0.3 is 4.90 Å². The molecule has 0 atom stereocenters. The smallest absolute Gasteiger partial charge is 0.182 e. The van der Waals surface area contributed by atoms with E-state index in [-0.39, 0.29) is 11.4 Å². The first-order chi connectivity index (χ1) is 20.6. The van der Waals surface area contributed by atoms with Crippen molar-refractivity contribution in [3.63, 3.8) is 0 Å². The van der Waals surface area contributed by atoms with Crippen LogP contribution in [0.3, 0.4) is 0 Å². The van der Waals surface area contributed by atoms with Crippen molar-refractivity contribution in [3.8, 4) is 33.9 Å². The summed E-state index contributed by atoms with van der Waals surface area (Å²) in [5.74, 6) is -0.613. The minimum Gasteiger partial charge on any atom is -0.301 e. The summed E-state index contributed by atoms with van der Waals surface area (Å²) in [4.78, 5) is 20.4. The quantitative estimate of drug-likeness (QED) is 0.264. The minimum absolute atomic E-state index is 0.184. The van der Waals surface area contributed by atoms with E-state index >= 15 is 0 Å². The number of nitrogens with zero attached hydrogens (tertiary/aromatic N) is 10. The number of rotatable bonds is 8. The molecule has 7 rings (SSSR count). The normalized spacial score (nSPS) is 13.8. The topological polar surface area (TPSA) is 103 Å². The molecule has 0 amide bonds. The number of hydrogen-bond acceptors (Lipinski definition) is 8. The number of fused-ring (bicyclic) bond motifs is 1. The maximum atomic E-state index is 13.8. The van der Waals surface area contributed by atoms with E-state index < -0.39 is 11.6 Å². The highest BCUT2D eigenvalue weighted by Gasteiger charge is 2.14. The third-order valence-electron chi connectivity index (χ3n) is 7.36. The van der Waals surface area contributed by atoms with Crippen molar-refractivity contribution < 1.29 is 8.78 Å². The second kappa shape index (κ2) is 11.1. The molecule has 5 heterocycles. The predicted molar refractivity (Wildman–Crippen MR) is 152 cm³/mol. The fraction of sp³-hybridized carbons (Fsp3) is 0.233. The van der Waals surface area contributed by atoms with Gasteiger partial charge in [-0.2, -0.15) is 5.10 Å². The van der Waals surface area contributed by atoms with Gasteiger partial charge in [0, 0.05) is 53.5 Å². The minimum atomic E-state index is -0.699. The highest BCUT2D eigenvalue weighted by molar-refractivity contribution is 5.72. The van der Waals surface area contributed by atoms with Gasteiger partial charge in [0.05, 0.1) is 25.5 Å². The average molecular weight is 565 g/mol. The number of aromatic nitrogens is 9. The molecule has 210 valence electrons. The van der Waals surface area contributed by atoms with E-state index in [0.717, 1.165) is 41.4 Å². The molecule has 42 heavy (non-hydrogen) atoms. The van der Waals surface area contributed by atoms with Crippen molar-refractivity contribution in [2.24, 2.45) is 0 Å². The van der Waals surface area contributed by atoms with Crippen molar-refractivity contribution in [1.29, 1.82) is 0 Å². The maximum Gasteiger partial charge on any atom is 0.182 e. The predicted octanol–water partition coefficient (Wildman–Crippen LogP) is 4.63. The molecule has 0 aliphatic carbocycles. The molecule has 0 unspecified atom stereocenters. The first-order valence-electron chi connectivity index (χ1n) is 13.8. The summed E-state index contributed by atoms with van der Waals surface area (Å²) >= 11 is 0. The Bertz CT molecular complexity index is 1840. The van der Waals surface area contributed by atoms with Crippen LogP contribution in [-0.4, -0.2) is 69.2 Å². The van der Waals surface area contributed by atoms with Crippen molar-refractivity contribution in [1.82, 2.24) is 49.6 Å². The molecule has 0 saturated carbocycles. The molecule has 1 saturated heterocycles. The van der Waals surface area contributed by atoms with Gasteiger partial charge in [-0.1, -0.05) is 23.4 Å². The number of halogens is 2. The highest BCUT2D eigenvalue weighted by Crippen LogP contribution is 2.23.